The Kier molecular flexibility index (Phi) is 22.5. The Labute approximate surface area is 446 Å². The van der Waals surface area contributed by atoms with Crippen molar-refractivity contribution in [3.05, 3.63) is 140 Å². The van der Waals surface area contributed by atoms with E-state index in [0.29, 0.717) is 50.5 Å². The van der Waals surface area contributed by atoms with Crippen molar-refractivity contribution in [2.24, 2.45) is 0 Å². The number of phenols is 2. The van der Waals surface area contributed by atoms with E-state index in [0.717, 1.165) is 68.5 Å². The molecule has 20 heteroatoms. The number of carboxylic acid groups (broad SMARTS) is 1. The molecule has 0 bridgehead atoms. The first-order valence-electron chi connectivity index (χ1n) is 25.6. The number of carbonyl (C=O) groups excluding carboxylic acids is 3. The number of benzene rings is 4. The normalized spacial score (nSPS) is 15.4. The molecule has 0 saturated heterocycles. The van der Waals surface area contributed by atoms with Crippen LogP contribution in [0, 0.1) is 13.8 Å². The Balaban J connectivity index is 0.000000281. The molecule has 0 saturated carbocycles. The van der Waals surface area contributed by atoms with Crippen LogP contribution in [-0.2, 0) is 71.8 Å². The van der Waals surface area contributed by atoms with Gasteiger partial charge in [-0.25, -0.2) is 19.8 Å². The molecule has 0 amide bonds. The van der Waals surface area contributed by atoms with Crippen molar-refractivity contribution in [2.75, 3.05) is 45.1 Å². The fourth-order valence-corrected chi connectivity index (χ4v) is 12.7. The van der Waals surface area contributed by atoms with E-state index in [1.807, 2.05) is 59.8 Å². The molecular formula is C56H74N4O14P2. The number of cyclic esters (lactones) is 2. The van der Waals surface area contributed by atoms with Crippen LogP contribution in [0.3, 0.4) is 0 Å². The molecule has 0 aliphatic carbocycles. The van der Waals surface area contributed by atoms with Crippen molar-refractivity contribution < 1.29 is 66.9 Å². The van der Waals surface area contributed by atoms with Gasteiger partial charge in [0, 0.05) is 48.4 Å². The van der Waals surface area contributed by atoms with Crippen molar-refractivity contribution in [1.29, 1.82) is 0 Å². The Morgan fingerprint density at radius 3 is 1.42 bits per heavy atom. The molecular weight excluding hydrogens is 1010 g/mol. The number of allylic oxidation sites excluding steroid dienone is 2. The third kappa shape index (κ3) is 16.1. The number of hydrogen-bond donors (Lipinski definition) is 7. The second-order valence-corrected chi connectivity index (χ2v) is 23.2. The van der Waals surface area contributed by atoms with E-state index >= 15 is 0 Å². The van der Waals surface area contributed by atoms with Crippen LogP contribution in [-0.4, -0.2) is 96.4 Å². The number of carbonyl (C=O) groups is 4. The Morgan fingerprint density at radius 1 is 0.658 bits per heavy atom. The lowest BCUT2D eigenvalue weighted by molar-refractivity contribution is -0.144. The number of hydrogen-bond acceptors (Lipinski definition) is 15. The predicted octanol–water partition coefficient (Wildman–Crippen LogP) is 9.17. The molecule has 4 aromatic rings. The monoisotopic (exact) mass is 1090 g/mol. The first kappa shape index (κ1) is 60.6. The smallest absolute Gasteiger partial charge is 0.342 e. The van der Waals surface area contributed by atoms with E-state index in [-0.39, 0.29) is 54.8 Å². The largest absolute Gasteiger partial charge is 0.507 e. The number of phenolic OH excluding ortho intramolecular Hbond substituents is 2. The Bertz CT molecular complexity index is 2870. The molecule has 4 aromatic carbocycles. The molecule has 2 unspecified atom stereocenters. The van der Waals surface area contributed by atoms with E-state index in [2.05, 4.69) is 20.8 Å². The molecule has 412 valence electrons. The summed E-state index contributed by atoms with van der Waals surface area (Å²) in [7, 11) is -6.94. The fraction of sp³-hybridized carbons (Fsp3) is 0.429. The van der Waals surface area contributed by atoms with Crippen molar-refractivity contribution in [3.63, 3.8) is 0 Å². The number of ether oxygens (including phenoxy) is 3. The van der Waals surface area contributed by atoms with E-state index in [1.165, 1.54) is 6.92 Å². The van der Waals surface area contributed by atoms with Gasteiger partial charge in [0.1, 0.15) is 59.4 Å². The summed E-state index contributed by atoms with van der Waals surface area (Å²) in [6.07, 6.45) is 6.60. The van der Waals surface area contributed by atoms with Gasteiger partial charge in [-0.05, 0) is 121 Å². The molecule has 7 N–H and O–H groups in total. The summed E-state index contributed by atoms with van der Waals surface area (Å²) in [6.45, 7) is 18.9. The van der Waals surface area contributed by atoms with E-state index < -0.39 is 51.0 Å². The number of esters is 3. The predicted molar refractivity (Wildman–Crippen MR) is 292 cm³/mol. The first-order chi connectivity index (χ1) is 36.2. The van der Waals surface area contributed by atoms with Crippen molar-refractivity contribution in [3.8, 4) is 23.0 Å². The highest BCUT2D eigenvalue weighted by atomic mass is 31.2. The number of para-hydroxylation sites is 2. The third-order valence-corrected chi connectivity index (χ3v) is 17.3. The summed E-state index contributed by atoms with van der Waals surface area (Å²) < 4.78 is 53.9. The van der Waals surface area contributed by atoms with Gasteiger partial charge in [0.15, 0.2) is 0 Å². The van der Waals surface area contributed by atoms with Crippen molar-refractivity contribution >= 4 is 38.9 Å². The van der Waals surface area contributed by atoms with Gasteiger partial charge in [-0.1, -0.05) is 73.5 Å². The van der Waals surface area contributed by atoms with Crippen LogP contribution in [0.5, 0.6) is 23.0 Å². The second-order valence-electron chi connectivity index (χ2n) is 18.7. The lowest BCUT2D eigenvalue weighted by atomic mass is 9.89. The van der Waals surface area contributed by atoms with Gasteiger partial charge in [0.2, 0.25) is 0 Å². The maximum absolute atomic E-state index is 13.7. The lowest BCUT2D eigenvalue weighted by Crippen LogP contribution is -2.36. The number of nitrogens with one attached hydrogen (secondary N) is 4. The van der Waals surface area contributed by atoms with Gasteiger partial charge in [0.25, 0.3) is 0 Å². The van der Waals surface area contributed by atoms with Crippen LogP contribution in [0.25, 0.3) is 0 Å². The zero-order chi connectivity index (χ0) is 55.7. The second kappa shape index (κ2) is 28.2. The van der Waals surface area contributed by atoms with Crippen molar-refractivity contribution in [2.45, 2.75) is 113 Å². The van der Waals surface area contributed by atoms with Gasteiger partial charge in [-0.3, -0.25) is 18.7 Å². The van der Waals surface area contributed by atoms with Crippen LogP contribution in [0.4, 0.5) is 0 Å². The molecule has 4 atom stereocenters. The lowest BCUT2D eigenvalue weighted by Gasteiger charge is -2.23. The number of aromatic hydroxyl groups is 2. The molecule has 18 nitrogen and oxygen atoms in total. The molecule has 0 fully saturated rings. The SMILES string of the molecule is CCOC(=O)[C@H](C)NP(=O)(CCNC/C(C)=C/Cc1c(O)c2c(c(C)c1CC)COC2=O)Oc1ccccc1.CCc1c(C)c2c(c(O)c1C/C=C(\C)CNCCP(=O)(N[C@@H](C)C(=O)O)Oc1ccccc1)C(=O)OC2. The number of aliphatic carboxylic acids is 1. The Hall–Kier alpha value is -6.26. The minimum Gasteiger partial charge on any atom is -0.507 e. The van der Waals surface area contributed by atoms with Gasteiger partial charge >= 0.3 is 38.9 Å². The first-order valence-corrected chi connectivity index (χ1v) is 29.2. The van der Waals surface area contributed by atoms with Gasteiger partial charge in [-0.2, -0.15) is 0 Å². The van der Waals surface area contributed by atoms with Gasteiger partial charge < -0.3 is 49.2 Å². The zero-order valence-corrected chi connectivity index (χ0v) is 46.8. The van der Waals surface area contributed by atoms with E-state index in [4.69, 9.17) is 23.3 Å². The molecule has 0 aromatic heterocycles. The van der Waals surface area contributed by atoms with Gasteiger partial charge in [-0.15, -0.1) is 0 Å². The molecule has 0 radical (unpaired) electrons. The van der Waals surface area contributed by atoms with E-state index in [1.54, 1.807) is 68.4 Å². The molecule has 6 rings (SSSR count). The molecule has 0 spiro atoms. The average molecular weight is 1090 g/mol. The van der Waals surface area contributed by atoms with Crippen LogP contribution in [0.15, 0.2) is 84.0 Å². The van der Waals surface area contributed by atoms with Crippen molar-refractivity contribution in [1.82, 2.24) is 20.8 Å². The molecule has 76 heavy (non-hydrogen) atoms. The van der Waals surface area contributed by atoms with Crippen LogP contribution < -0.4 is 29.9 Å². The maximum atomic E-state index is 13.7. The summed E-state index contributed by atoms with van der Waals surface area (Å²) in [5.41, 5.74) is 9.59. The topological polar surface area (TPSA) is 257 Å². The van der Waals surface area contributed by atoms with Crippen LogP contribution in [0.1, 0.15) is 114 Å². The maximum Gasteiger partial charge on any atom is 0.342 e. The number of rotatable bonds is 27. The summed E-state index contributed by atoms with van der Waals surface area (Å²) >= 11 is 0. The zero-order valence-electron chi connectivity index (χ0n) is 45.0. The highest BCUT2D eigenvalue weighted by Crippen LogP contribution is 2.45. The van der Waals surface area contributed by atoms with Crippen LogP contribution >= 0.6 is 15.0 Å². The molecule has 2 aliphatic heterocycles. The Morgan fingerprint density at radius 2 is 1.05 bits per heavy atom. The minimum atomic E-state index is -3.50. The fourth-order valence-electron chi connectivity index (χ4n) is 8.94. The number of fused-ring (bicyclic) bond motifs is 2. The summed E-state index contributed by atoms with van der Waals surface area (Å²) in [6, 6.07) is 15.6. The van der Waals surface area contributed by atoms with Gasteiger partial charge in [0.05, 0.1) is 18.9 Å². The minimum absolute atomic E-state index is 0.00502. The summed E-state index contributed by atoms with van der Waals surface area (Å²) in [5, 5.41) is 42.9. The molecule has 2 aliphatic rings. The standard InChI is InChI=1S/C29H39N2O7P.C27H35N2O7P/c1-6-23-20(4)25-18-37-29(34)26(25)27(32)24(23)14-13-19(3)17-30-15-16-39(35,31-21(5)28(33)36-7-2)38-22-11-9-8-10-12-22;1-5-21-18(3)23-16-35-27(33)24(23)25(30)22(21)12-11-17(2)15-28-13-14-37(34,29-19(4)26(31)32)36-20-9-7-6-8-10-20/h8-13,21,30,32H,6-7,14-18H2,1-5H3,(H,31,35);6-11,19,28,30H,5,12-16H2,1-4H3,(H,29,34)(H,31,32)/b19-13+;17-11+/t21-,39?;19-,37?/m00/s1. The number of carboxylic acids is 1. The summed E-state index contributed by atoms with van der Waals surface area (Å²) in [5.74, 6) is -1.74. The van der Waals surface area contributed by atoms with Crippen LogP contribution in [0.2, 0.25) is 0 Å². The quantitative estimate of drug-likeness (QED) is 0.00965. The third-order valence-electron chi connectivity index (χ3n) is 13.1. The van der Waals surface area contributed by atoms with E-state index in [9.17, 15) is 43.6 Å². The molecule has 2 heterocycles. The summed E-state index contributed by atoms with van der Waals surface area (Å²) in [4.78, 5) is 47.7. The highest BCUT2D eigenvalue weighted by molar-refractivity contribution is 7.57. The average Bonchev–Trinajstić information content (AvgIpc) is 3.98. The highest BCUT2D eigenvalue weighted by Gasteiger charge is 2.34.